The zero-order valence-electron chi connectivity index (χ0n) is 15.3. The summed E-state index contributed by atoms with van der Waals surface area (Å²) in [6.07, 6.45) is 3.16. The number of ether oxygens (including phenoxy) is 1. The molecule has 2 heterocycles. The van der Waals surface area contributed by atoms with Crippen LogP contribution in [0.2, 0.25) is 5.02 Å². The standard InChI is InChI=1S/C20H19ClN2O4S/c1-27-16-7-5-15(6-8-16)23-13-19(20(24)22-10-2-3-11-22)28(25,26)18-9-4-14(21)12-17(18)23/h4-9,12-13H,2-3,10-11H2,1H3. The minimum atomic E-state index is -3.95. The number of carbonyl (C=O) groups is 1. The summed E-state index contributed by atoms with van der Waals surface area (Å²) < 4.78 is 31.6. The third kappa shape index (κ3) is 3.14. The van der Waals surface area contributed by atoms with Gasteiger partial charge in [0.1, 0.15) is 5.75 Å². The number of carbonyl (C=O) groups excluding carboxylic acids is 1. The molecule has 2 aromatic carbocycles. The minimum absolute atomic E-state index is 0.0674. The zero-order chi connectivity index (χ0) is 19.9. The number of methoxy groups -OCH3 is 1. The molecule has 1 fully saturated rings. The van der Waals surface area contributed by atoms with E-state index in [2.05, 4.69) is 0 Å². The van der Waals surface area contributed by atoms with E-state index < -0.39 is 15.7 Å². The second-order valence-corrected chi connectivity index (χ2v) is 9.00. The molecule has 0 spiro atoms. The van der Waals surface area contributed by atoms with Crippen LogP contribution in [0.4, 0.5) is 11.4 Å². The molecular formula is C20H19ClN2O4S. The number of sulfone groups is 1. The van der Waals surface area contributed by atoms with E-state index in [1.807, 2.05) is 0 Å². The fraction of sp³-hybridized carbons (Fsp3) is 0.250. The SMILES string of the molecule is COc1ccc(N2C=C(C(=O)N3CCCC3)S(=O)(=O)c3ccc(Cl)cc32)cc1. The Morgan fingerprint density at radius 3 is 2.39 bits per heavy atom. The van der Waals surface area contributed by atoms with Gasteiger partial charge in [-0.05, 0) is 55.3 Å². The molecule has 0 aromatic heterocycles. The van der Waals surface area contributed by atoms with Gasteiger partial charge in [0, 0.05) is 30.0 Å². The number of likely N-dealkylation sites (tertiary alicyclic amines) is 1. The predicted molar refractivity (Wildman–Crippen MR) is 108 cm³/mol. The zero-order valence-corrected chi connectivity index (χ0v) is 16.8. The highest BCUT2D eigenvalue weighted by molar-refractivity contribution is 7.96. The monoisotopic (exact) mass is 418 g/mol. The molecule has 1 saturated heterocycles. The largest absolute Gasteiger partial charge is 0.497 e. The van der Waals surface area contributed by atoms with Gasteiger partial charge in [0.2, 0.25) is 9.84 Å². The first-order valence-electron chi connectivity index (χ1n) is 8.91. The highest BCUT2D eigenvalue weighted by Gasteiger charge is 2.38. The lowest BCUT2D eigenvalue weighted by atomic mass is 10.2. The van der Waals surface area contributed by atoms with Crippen molar-refractivity contribution in [3.05, 3.63) is 58.6 Å². The van der Waals surface area contributed by atoms with Gasteiger partial charge in [-0.15, -0.1) is 0 Å². The van der Waals surface area contributed by atoms with Crippen LogP contribution < -0.4 is 9.64 Å². The van der Waals surface area contributed by atoms with Crippen LogP contribution in [-0.4, -0.2) is 39.4 Å². The van der Waals surface area contributed by atoms with Crippen molar-refractivity contribution in [2.75, 3.05) is 25.1 Å². The highest BCUT2D eigenvalue weighted by Crippen LogP contribution is 2.41. The highest BCUT2D eigenvalue weighted by atomic mass is 35.5. The number of rotatable bonds is 3. The predicted octanol–water partition coefficient (Wildman–Crippen LogP) is 3.74. The molecule has 0 radical (unpaired) electrons. The molecule has 2 aliphatic rings. The van der Waals surface area contributed by atoms with Crippen LogP contribution in [0, 0.1) is 0 Å². The number of nitrogens with zero attached hydrogens (tertiary/aromatic N) is 2. The lowest BCUT2D eigenvalue weighted by Gasteiger charge is -2.30. The molecule has 0 aliphatic carbocycles. The molecule has 0 N–H and O–H groups in total. The van der Waals surface area contributed by atoms with Crippen molar-refractivity contribution < 1.29 is 17.9 Å². The molecule has 2 aliphatic heterocycles. The molecule has 6 nitrogen and oxygen atoms in total. The van der Waals surface area contributed by atoms with Crippen molar-refractivity contribution in [1.29, 1.82) is 0 Å². The van der Waals surface area contributed by atoms with Crippen LogP contribution in [-0.2, 0) is 14.6 Å². The van der Waals surface area contributed by atoms with Crippen LogP contribution in [0.3, 0.4) is 0 Å². The first kappa shape index (κ1) is 18.8. The Balaban J connectivity index is 1.87. The molecule has 0 bridgehead atoms. The number of anilines is 2. The summed E-state index contributed by atoms with van der Waals surface area (Å²) in [5.41, 5.74) is 1.11. The van der Waals surface area contributed by atoms with Crippen molar-refractivity contribution in [2.24, 2.45) is 0 Å². The van der Waals surface area contributed by atoms with Crippen molar-refractivity contribution in [3.8, 4) is 5.75 Å². The average molecular weight is 419 g/mol. The third-order valence-corrected chi connectivity index (χ3v) is 6.98. The second kappa shape index (κ2) is 7.14. The summed E-state index contributed by atoms with van der Waals surface area (Å²) in [4.78, 5) is 16.1. The third-order valence-electron chi connectivity index (χ3n) is 4.96. The van der Waals surface area contributed by atoms with Gasteiger partial charge >= 0.3 is 0 Å². The van der Waals surface area contributed by atoms with Gasteiger partial charge in [0.25, 0.3) is 5.91 Å². The fourth-order valence-corrected chi connectivity index (χ4v) is 5.17. The molecule has 0 atom stereocenters. The minimum Gasteiger partial charge on any atom is -0.497 e. The van der Waals surface area contributed by atoms with E-state index in [0.717, 1.165) is 12.8 Å². The van der Waals surface area contributed by atoms with E-state index in [9.17, 15) is 13.2 Å². The molecule has 4 rings (SSSR count). The summed E-state index contributed by atoms with van der Waals surface area (Å²) in [6, 6.07) is 11.7. The van der Waals surface area contributed by atoms with Crippen molar-refractivity contribution in [2.45, 2.75) is 17.7 Å². The number of halogens is 1. The van der Waals surface area contributed by atoms with E-state index in [-0.39, 0.29) is 9.80 Å². The smallest absolute Gasteiger partial charge is 0.267 e. The normalized spacial score (nSPS) is 17.9. The average Bonchev–Trinajstić information content (AvgIpc) is 3.22. The van der Waals surface area contributed by atoms with Gasteiger partial charge in [-0.2, -0.15) is 0 Å². The Morgan fingerprint density at radius 1 is 1.07 bits per heavy atom. The topological polar surface area (TPSA) is 66.9 Å². The fourth-order valence-electron chi connectivity index (χ4n) is 3.48. The van der Waals surface area contributed by atoms with E-state index in [1.165, 1.54) is 18.3 Å². The Morgan fingerprint density at radius 2 is 1.75 bits per heavy atom. The quantitative estimate of drug-likeness (QED) is 0.759. The maximum absolute atomic E-state index is 13.2. The Hall–Kier alpha value is -2.51. The van der Waals surface area contributed by atoms with Gasteiger partial charge in [0.15, 0.2) is 4.91 Å². The van der Waals surface area contributed by atoms with Crippen LogP contribution >= 0.6 is 11.6 Å². The molecule has 28 heavy (non-hydrogen) atoms. The lowest BCUT2D eigenvalue weighted by molar-refractivity contribution is -0.125. The summed E-state index contributed by atoms with van der Waals surface area (Å²) in [6.45, 7) is 1.14. The molecule has 8 heteroatoms. The van der Waals surface area contributed by atoms with E-state index in [4.69, 9.17) is 16.3 Å². The van der Waals surface area contributed by atoms with Crippen molar-refractivity contribution >= 4 is 38.7 Å². The van der Waals surface area contributed by atoms with E-state index in [1.54, 1.807) is 47.2 Å². The van der Waals surface area contributed by atoms with Crippen LogP contribution in [0.5, 0.6) is 5.75 Å². The van der Waals surface area contributed by atoms with Gasteiger partial charge < -0.3 is 14.5 Å². The maximum Gasteiger partial charge on any atom is 0.267 e. The summed E-state index contributed by atoms with van der Waals surface area (Å²) in [7, 11) is -2.37. The van der Waals surface area contributed by atoms with E-state index >= 15 is 0 Å². The number of benzene rings is 2. The number of hydrogen-bond donors (Lipinski definition) is 0. The van der Waals surface area contributed by atoms with Crippen molar-refractivity contribution in [3.63, 3.8) is 0 Å². The van der Waals surface area contributed by atoms with Gasteiger partial charge in [-0.25, -0.2) is 8.42 Å². The van der Waals surface area contributed by atoms with Crippen LogP contribution in [0.15, 0.2) is 58.5 Å². The Labute approximate surface area is 168 Å². The van der Waals surface area contributed by atoms with Crippen LogP contribution in [0.1, 0.15) is 12.8 Å². The second-order valence-electron chi connectivity index (χ2n) is 6.68. The van der Waals surface area contributed by atoms with Gasteiger partial charge in [-0.1, -0.05) is 11.6 Å². The molecule has 0 saturated carbocycles. The number of amides is 1. The first-order valence-corrected chi connectivity index (χ1v) is 10.8. The number of fused-ring (bicyclic) bond motifs is 1. The Kier molecular flexibility index (Phi) is 4.81. The van der Waals surface area contributed by atoms with E-state index in [0.29, 0.717) is 35.2 Å². The number of hydrogen-bond acceptors (Lipinski definition) is 5. The molecule has 146 valence electrons. The Bertz CT molecular complexity index is 1060. The molecule has 1 amide bonds. The molecular weight excluding hydrogens is 400 g/mol. The summed E-state index contributed by atoms with van der Waals surface area (Å²) >= 11 is 6.14. The molecule has 0 unspecified atom stereocenters. The van der Waals surface area contributed by atoms with Crippen LogP contribution in [0.25, 0.3) is 0 Å². The lowest BCUT2D eigenvalue weighted by Crippen LogP contribution is -2.35. The maximum atomic E-state index is 13.2. The van der Waals surface area contributed by atoms with Crippen molar-refractivity contribution in [1.82, 2.24) is 4.90 Å². The summed E-state index contributed by atoms with van der Waals surface area (Å²) in [5.74, 6) is 0.216. The van der Waals surface area contributed by atoms with Gasteiger partial charge in [-0.3, -0.25) is 4.79 Å². The molecule has 2 aromatic rings. The first-order chi connectivity index (χ1) is 13.4. The summed E-state index contributed by atoms with van der Waals surface area (Å²) in [5, 5.41) is 0.412. The van der Waals surface area contributed by atoms with Gasteiger partial charge in [0.05, 0.1) is 17.7 Å².